The van der Waals surface area contributed by atoms with E-state index in [4.69, 9.17) is 0 Å². The monoisotopic (exact) mass is 187 g/mol. The smallest absolute Gasteiger partial charge is 0.153 e. The van der Waals surface area contributed by atoms with Crippen molar-refractivity contribution in [3.05, 3.63) is 42.1 Å². The Morgan fingerprint density at radius 3 is 2.86 bits per heavy atom. The summed E-state index contributed by atoms with van der Waals surface area (Å²) >= 11 is 0. The number of aldehydes is 1. The number of aliphatic hydroxyl groups is 1. The molecule has 0 aliphatic carbocycles. The van der Waals surface area contributed by atoms with Gasteiger partial charge in [-0.1, -0.05) is 18.2 Å². The van der Waals surface area contributed by atoms with Gasteiger partial charge in [0.2, 0.25) is 0 Å². The van der Waals surface area contributed by atoms with Crippen LogP contribution in [0.4, 0.5) is 0 Å². The number of aliphatic hydroxyl groups excluding tert-OH is 1. The molecule has 3 nitrogen and oxygen atoms in total. The molecule has 1 unspecified atom stereocenters. The lowest BCUT2D eigenvalue weighted by molar-refractivity contribution is -0.115. The van der Waals surface area contributed by atoms with E-state index >= 15 is 0 Å². The lowest BCUT2D eigenvalue weighted by Gasteiger charge is -2.06. The molecule has 0 bridgehead atoms. The highest BCUT2D eigenvalue weighted by molar-refractivity contribution is 5.84. The maximum absolute atomic E-state index is 10.5. The molecule has 0 saturated heterocycles. The summed E-state index contributed by atoms with van der Waals surface area (Å²) in [4.78, 5) is 14.6. The molecule has 0 radical (unpaired) electrons. The molecule has 2 rings (SSSR count). The maximum atomic E-state index is 10.5. The first-order valence-corrected chi connectivity index (χ1v) is 4.30. The summed E-state index contributed by atoms with van der Waals surface area (Å²) in [5.41, 5.74) is 1.39. The van der Waals surface area contributed by atoms with Crippen LogP contribution in [0.2, 0.25) is 0 Å². The van der Waals surface area contributed by atoms with Gasteiger partial charge >= 0.3 is 0 Å². The molecule has 0 fully saturated rings. The number of benzene rings is 1. The van der Waals surface area contributed by atoms with Gasteiger partial charge in [0.1, 0.15) is 6.10 Å². The Balaban J connectivity index is 2.70. The third kappa shape index (κ3) is 1.38. The molecule has 0 aliphatic rings. The van der Waals surface area contributed by atoms with E-state index in [9.17, 15) is 9.90 Å². The van der Waals surface area contributed by atoms with Gasteiger partial charge in [-0.25, -0.2) is 0 Å². The van der Waals surface area contributed by atoms with Crippen molar-refractivity contribution in [3.63, 3.8) is 0 Å². The van der Waals surface area contributed by atoms with Crippen molar-refractivity contribution in [1.82, 2.24) is 4.98 Å². The molecule has 14 heavy (non-hydrogen) atoms. The fourth-order valence-corrected chi connectivity index (χ4v) is 1.45. The molecule has 0 aliphatic heterocycles. The molecule has 0 spiro atoms. The van der Waals surface area contributed by atoms with Gasteiger partial charge < -0.3 is 9.90 Å². The van der Waals surface area contributed by atoms with Crippen LogP contribution >= 0.6 is 0 Å². The van der Waals surface area contributed by atoms with E-state index in [-0.39, 0.29) is 0 Å². The molecular weight excluding hydrogens is 178 g/mol. The van der Waals surface area contributed by atoms with Crippen molar-refractivity contribution < 1.29 is 9.90 Å². The molecule has 0 saturated carbocycles. The first-order chi connectivity index (χ1) is 6.83. The lowest BCUT2D eigenvalue weighted by atomic mass is 10.1. The van der Waals surface area contributed by atoms with Gasteiger partial charge in [0, 0.05) is 11.6 Å². The Hall–Kier alpha value is -1.74. The Kier molecular flexibility index (Phi) is 2.24. The van der Waals surface area contributed by atoms with E-state index in [1.165, 1.54) is 0 Å². The molecule has 3 heteroatoms. The highest BCUT2D eigenvalue weighted by Crippen LogP contribution is 2.20. The number of fused-ring (bicyclic) bond motifs is 1. The average molecular weight is 187 g/mol. The van der Waals surface area contributed by atoms with Gasteiger partial charge in [0.05, 0.1) is 5.52 Å². The summed E-state index contributed by atoms with van der Waals surface area (Å²) in [6.07, 6.45) is 1.04. The number of hydrogen-bond donors (Lipinski definition) is 1. The quantitative estimate of drug-likeness (QED) is 0.724. The number of rotatable bonds is 2. The second-order valence-electron chi connectivity index (χ2n) is 3.00. The number of carbonyl (C=O) groups excluding carboxylic acids is 1. The number of hydrogen-bond acceptors (Lipinski definition) is 3. The van der Waals surface area contributed by atoms with Crippen molar-refractivity contribution in [2.75, 3.05) is 0 Å². The Morgan fingerprint density at radius 1 is 1.29 bits per heavy atom. The third-order valence-corrected chi connectivity index (χ3v) is 2.13. The lowest BCUT2D eigenvalue weighted by Crippen LogP contribution is -1.99. The molecule has 1 aromatic heterocycles. The van der Waals surface area contributed by atoms with E-state index in [0.29, 0.717) is 11.8 Å². The van der Waals surface area contributed by atoms with Crippen LogP contribution in [0.25, 0.3) is 10.9 Å². The van der Waals surface area contributed by atoms with Crippen LogP contribution in [0.3, 0.4) is 0 Å². The summed E-state index contributed by atoms with van der Waals surface area (Å²) in [5.74, 6) is 0. The van der Waals surface area contributed by atoms with Crippen molar-refractivity contribution in [2.45, 2.75) is 6.10 Å². The number of para-hydroxylation sites is 1. The normalized spacial score (nSPS) is 12.6. The number of nitrogens with zero attached hydrogens (tertiary/aromatic N) is 1. The van der Waals surface area contributed by atoms with Gasteiger partial charge in [-0.3, -0.25) is 4.98 Å². The Labute approximate surface area is 81.0 Å². The van der Waals surface area contributed by atoms with Crippen LogP contribution in [-0.2, 0) is 4.79 Å². The summed E-state index contributed by atoms with van der Waals surface area (Å²) in [6.45, 7) is 0. The van der Waals surface area contributed by atoms with E-state index in [0.717, 1.165) is 10.9 Å². The SMILES string of the molecule is O=CC(O)c1ccnc2ccccc12. The molecule has 70 valence electrons. The third-order valence-electron chi connectivity index (χ3n) is 2.13. The van der Waals surface area contributed by atoms with Crippen LogP contribution in [0.1, 0.15) is 11.7 Å². The van der Waals surface area contributed by atoms with Gasteiger partial charge in [0.15, 0.2) is 6.29 Å². The van der Waals surface area contributed by atoms with Crippen LogP contribution in [-0.4, -0.2) is 16.4 Å². The molecule has 1 aromatic carbocycles. The average Bonchev–Trinajstić information content (AvgIpc) is 2.27. The van der Waals surface area contributed by atoms with Gasteiger partial charge in [-0.2, -0.15) is 0 Å². The zero-order valence-electron chi connectivity index (χ0n) is 7.42. The minimum absolute atomic E-state index is 0.516. The predicted octanol–water partition coefficient (Wildman–Crippen LogP) is 1.47. The van der Waals surface area contributed by atoms with Crippen LogP contribution in [0, 0.1) is 0 Å². The molecule has 0 amide bonds. The number of carbonyl (C=O) groups is 1. The first-order valence-electron chi connectivity index (χ1n) is 4.30. The van der Waals surface area contributed by atoms with Crippen molar-refractivity contribution >= 4 is 17.2 Å². The second kappa shape index (κ2) is 3.55. The van der Waals surface area contributed by atoms with Crippen molar-refractivity contribution in [1.29, 1.82) is 0 Å². The van der Waals surface area contributed by atoms with Crippen LogP contribution < -0.4 is 0 Å². The maximum Gasteiger partial charge on any atom is 0.153 e. The van der Waals surface area contributed by atoms with E-state index < -0.39 is 6.10 Å². The summed E-state index contributed by atoms with van der Waals surface area (Å²) in [6, 6.07) is 9.06. The van der Waals surface area contributed by atoms with Crippen molar-refractivity contribution in [3.8, 4) is 0 Å². The number of aromatic nitrogens is 1. The Bertz CT molecular complexity index is 462. The van der Waals surface area contributed by atoms with E-state index in [2.05, 4.69) is 4.98 Å². The highest BCUT2D eigenvalue weighted by Gasteiger charge is 2.09. The zero-order valence-corrected chi connectivity index (χ0v) is 7.42. The van der Waals surface area contributed by atoms with Crippen molar-refractivity contribution in [2.24, 2.45) is 0 Å². The standard InChI is InChI=1S/C11H9NO2/c13-7-11(14)9-5-6-12-10-4-2-1-3-8(9)10/h1-7,11,14H. The predicted molar refractivity (Wildman–Crippen MR) is 52.8 cm³/mol. The second-order valence-corrected chi connectivity index (χ2v) is 3.00. The topological polar surface area (TPSA) is 50.2 Å². The minimum Gasteiger partial charge on any atom is -0.381 e. The zero-order chi connectivity index (χ0) is 9.97. The minimum atomic E-state index is -1.07. The van der Waals surface area contributed by atoms with Crippen LogP contribution in [0.5, 0.6) is 0 Å². The van der Waals surface area contributed by atoms with E-state index in [1.807, 2.05) is 24.3 Å². The first kappa shape index (κ1) is 8.84. The fraction of sp³-hybridized carbons (Fsp3) is 0.0909. The molecule has 1 heterocycles. The van der Waals surface area contributed by atoms with E-state index in [1.54, 1.807) is 12.3 Å². The molecule has 1 N–H and O–H groups in total. The fourth-order valence-electron chi connectivity index (χ4n) is 1.45. The Morgan fingerprint density at radius 2 is 2.07 bits per heavy atom. The molecule has 2 aromatic rings. The summed E-state index contributed by atoms with van der Waals surface area (Å²) in [5, 5.41) is 10.2. The van der Waals surface area contributed by atoms with Gasteiger partial charge in [-0.05, 0) is 17.7 Å². The highest BCUT2D eigenvalue weighted by atomic mass is 16.3. The molecular formula is C11H9NO2. The van der Waals surface area contributed by atoms with Gasteiger partial charge in [0.25, 0.3) is 0 Å². The summed E-state index contributed by atoms with van der Waals surface area (Å²) < 4.78 is 0. The number of pyridine rings is 1. The molecule has 1 atom stereocenters. The van der Waals surface area contributed by atoms with Crippen LogP contribution in [0.15, 0.2) is 36.5 Å². The van der Waals surface area contributed by atoms with Gasteiger partial charge in [-0.15, -0.1) is 0 Å². The largest absolute Gasteiger partial charge is 0.381 e. The summed E-state index contributed by atoms with van der Waals surface area (Å²) in [7, 11) is 0.